The van der Waals surface area contributed by atoms with Gasteiger partial charge in [-0.05, 0) is 65.6 Å². The van der Waals surface area contributed by atoms with Gasteiger partial charge < -0.3 is 10.0 Å². The highest BCUT2D eigenvalue weighted by molar-refractivity contribution is 5.78. The molecule has 2 N–H and O–H groups in total. The maximum Gasteiger partial charge on any atom is 0.323 e. The molecule has 1 heterocycles. The molecular formula is C14H28N2O2. The third-order valence-electron chi connectivity index (χ3n) is 3.85. The molecule has 106 valence electrons. The Morgan fingerprint density at radius 3 is 2.44 bits per heavy atom. The number of nitrogens with one attached hydrogen (secondary N) is 1. The zero-order chi connectivity index (χ0) is 13.6. The van der Waals surface area contributed by atoms with Crippen LogP contribution in [0, 0.1) is 0 Å². The van der Waals surface area contributed by atoms with Crippen molar-refractivity contribution in [2.45, 2.75) is 64.5 Å². The number of hydrogen-bond acceptors (Lipinski definition) is 3. The Morgan fingerprint density at radius 1 is 1.39 bits per heavy atom. The zero-order valence-electron chi connectivity index (χ0n) is 12.0. The minimum absolute atomic E-state index is 0.202. The first-order valence-electron chi connectivity index (χ1n) is 7.23. The number of nitrogens with zero attached hydrogens (tertiary/aromatic N) is 1. The topological polar surface area (TPSA) is 52.6 Å². The molecule has 0 saturated carbocycles. The van der Waals surface area contributed by atoms with Gasteiger partial charge in [0.15, 0.2) is 0 Å². The van der Waals surface area contributed by atoms with E-state index in [0.717, 1.165) is 13.0 Å². The Hall–Kier alpha value is -0.610. The van der Waals surface area contributed by atoms with Crippen LogP contribution < -0.4 is 5.32 Å². The van der Waals surface area contributed by atoms with Crippen LogP contribution in [-0.4, -0.2) is 47.2 Å². The summed E-state index contributed by atoms with van der Waals surface area (Å²) in [5, 5.41) is 12.7. The molecule has 18 heavy (non-hydrogen) atoms. The van der Waals surface area contributed by atoms with Gasteiger partial charge >= 0.3 is 5.97 Å². The lowest BCUT2D eigenvalue weighted by Crippen LogP contribution is -2.54. The molecule has 0 bridgehead atoms. The van der Waals surface area contributed by atoms with Crippen LogP contribution in [0.4, 0.5) is 0 Å². The fourth-order valence-electron chi connectivity index (χ4n) is 2.83. The molecular weight excluding hydrogens is 228 g/mol. The fourth-order valence-corrected chi connectivity index (χ4v) is 2.83. The first-order chi connectivity index (χ1) is 8.50. The fraction of sp³-hybridized carbons (Fsp3) is 0.929. The van der Waals surface area contributed by atoms with E-state index in [2.05, 4.69) is 10.2 Å². The van der Waals surface area contributed by atoms with E-state index in [1.165, 1.54) is 25.9 Å². The smallest absolute Gasteiger partial charge is 0.323 e. The second kappa shape index (κ2) is 7.10. The van der Waals surface area contributed by atoms with Crippen molar-refractivity contribution in [1.29, 1.82) is 0 Å². The van der Waals surface area contributed by atoms with E-state index in [-0.39, 0.29) is 6.04 Å². The predicted octanol–water partition coefficient (Wildman–Crippen LogP) is 2.09. The van der Waals surface area contributed by atoms with Gasteiger partial charge in [-0.3, -0.25) is 10.1 Å². The maximum absolute atomic E-state index is 11.5. The third kappa shape index (κ3) is 4.25. The summed E-state index contributed by atoms with van der Waals surface area (Å²) in [6, 6.07) is 0.202. The Balaban J connectivity index is 2.46. The highest BCUT2D eigenvalue weighted by Gasteiger charge is 2.36. The second-order valence-corrected chi connectivity index (χ2v) is 5.69. The van der Waals surface area contributed by atoms with Crippen molar-refractivity contribution in [3.63, 3.8) is 0 Å². The summed E-state index contributed by atoms with van der Waals surface area (Å²) in [7, 11) is 0. The molecule has 1 saturated heterocycles. The molecule has 1 rings (SSSR count). The predicted molar refractivity (Wildman–Crippen MR) is 73.8 cm³/mol. The van der Waals surface area contributed by atoms with Crippen molar-refractivity contribution >= 4 is 5.97 Å². The Labute approximate surface area is 111 Å². The van der Waals surface area contributed by atoms with Crippen LogP contribution >= 0.6 is 0 Å². The average Bonchev–Trinajstić information content (AvgIpc) is 2.79. The summed E-state index contributed by atoms with van der Waals surface area (Å²) in [5.41, 5.74) is -0.742. The minimum Gasteiger partial charge on any atom is -0.480 e. The van der Waals surface area contributed by atoms with Gasteiger partial charge in [-0.15, -0.1) is 0 Å². The lowest BCUT2D eigenvalue weighted by molar-refractivity contribution is -0.145. The molecule has 0 aromatic rings. The lowest BCUT2D eigenvalue weighted by Gasteiger charge is -2.32. The van der Waals surface area contributed by atoms with E-state index < -0.39 is 11.5 Å². The van der Waals surface area contributed by atoms with E-state index >= 15 is 0 Å². The summed E-state index contributed by atoms with van der Waals surface area (Å²) in [6.07, 6.45) is 4.90. The van der Waals surface area contributed by atoms with Crippen molar-refractivity contribution in [1.82, 2.24) is 10.2 Å². The Bertz CT molecular complexity index is 263. The van der Waals surface area contributed by atoms with Crippen LogP contribution in [0.5, 0.6) is 0 Å². The molecule has 0 aromatic heterocycles. The number of likely N-dealkylation sites (tertiary alicyclic amines) is 1. The van der Waals surface area contributed by atoms with Crippen LogP contribution in [0.15, 0.2) is 0 Å². The molecule has 0 spiro atoms. The van der Waals surface area contributed by atoms with Crippen LogP contribution in [0.1, 0.15) is 52.9 Å². The van der Waals surface area contributed by atoms with Crippen molar-refractivity contribution in [3.8, 4) is 0 Å². The van der Waals surface area contributed by atoms with E-state index in [1.807, 2.05) is 20.8 Å². The molecule has 4 nitrogen and oxygen atoms in total. The van der Waals surface area contributed by atoms with Gasteiger partial charge in [0.2, 0.25) is 0 Å². The summed E-state index contributed by atoms with van der Waals surface area (Å²) in [4.78, 5) is 14.0. The van der Waals surface area contributed by atoms with Crippen molar-refractivity contribution < 1.29 is 9.90 Å². The second-order valence-electron chi connectivity index (χ2n) is 5.69. The highest BCUT2D eigenvalue weighted by atomic mass is 16.4. The molecule has 1 unspecified atom stereocenters. The molecule has 0 radical (unpaired) electrons. The number of carboxylic acid groups (broad SMARTS) is 1. The highest BCUT2D eigenvalue weighted by Crippen LogP contribution is 2.20. The zero-order valence-corrected chi connectivity index (χ0v) is 12.0. The number of carboxylic acids is 1. The Morgan fingerprint density at radius 2 is 2.00 bits per heavy atom. The molecule has 0 amide bonds. The third-order valence-corrected chi connectivity index (χ3v) is 3.85. The average molecular weight is 256 g/mol. The summed E-state index contributed by atoms with van der Waals surface area (Å²) in [6.45, 7) is 9.38. The van der Waals surface area contributed by atoms with Gasteiger partial charge in [0.05, 0.1) is 0 Å². The molecule has 1 fully saturated rings. The van der Waals surface area contributed by atoms with E-state index in [9.17, 15) is 9.90 Å². The standard InChI is InChI=1S/C14H28N2O2/c1-4-14(13(17)18,15-12(2)3)8-7-11-16-9-5-6-10-16/h12,15H,4-11H2,1-3H3,(H,17,18). The minimum atomic E-state index is -0.742. The van der Waals surface area contributed by atoms with Crippen molar-refractivity contribution in [2.75, 3.05) is 19.6 Å². The van der Waals surface area contributed by atoms with E-state index in [0.29, 0.717) is 12.8 Å². The Kier molecular flexibility index (Phi) is 6.09. The van der Waals surface area contributed by atoms with Crippen LogP contribution in [0.25, 0.3) is 0 Å². The molecule has 0 aliphatic carbocycles. The quantitative estimate of drug-likeness (QED) is 0.698. The maximum atomic E-state index is 11.5. The molecule has 1 aliphatic heterocycles. The molecule has 1 atom stereocenters. The molecule has 1 aliphatic rings. The first kappa shape index (κ1) is 15.4. The first-order valence-corrected chi connectivity index (χ1v) is 7.23. The van der Waals surface area contributed by atoms with Gasteiger partial charge in [0.1, 0.15) is 5.54 Å². The number of aliphatic carboxylic acids is 1. The monoisotopic (exact) mass is 256 g/mol. The van der Waals surface area contributed by atoms with E-state index in [4.69, 9.17) is 0 Å². The summed E-state index contributed by atoms with van der Waals surface area (Å²) >= 11 is 0. The van der Waals surface area contributed by atoms with Crippen LogP contribution in [0.3, 0.4) is 0 Å². The number of rotatable bonds is 8. The lowest BCUT2D eigenvalue weighted by atomic mass is 9.89. The molecule has 4 heteroatoms. The van der Waals surface area contributed by atoms with E-state index in [1.54, 1.807) is 0 Å². The summed E-state index contributed by atoms with van der Waals surface area (Å²) in [5.74, 6) is -0.708. The normalized spacial score (nSPS) is 20.2. The van der Waals surface area contributed by atoms with Crippen molar-refractivity contribution in [3.05, 3.63) is 0 Å². The van der Waals surface area contributed by atoms with Crippen molar-refractivity contribution in [2.24, 2.45) is 0 Å². The molecule has 0 aromatic carbocycles. The van der Waals surface area contributed by atoms with Crippen LogP contribution in [-0.2, 0) is 4.79 Å². The van der Waals surface area contributed by atoms with Gasteiger partial charge in [0.25, 0.3) is 0 Å². The summed E-state index contributed by atoms with van der Waals surface area (Å²) < 4.78 is 0. The van der Waals surface area contributed by atoms with Gasteiger partial charge in [-0.2, -0.15) is 0 Å². The van der Waals surface area contributed by atoms with Crippen LogP contribution in [0.2, 0.25) is 0 Å². The number of hydrogen-bond donors (Lipinski definition) is 2. The van der Waals surface area contributed by atoms with Gasteiger partial charge in [-0.1, -0.05) is 6.92 Å². The number of carbonyl (C=O) groups is 1. The van der Waals surface area contributed by atoms with Gasteiger partial charge in [-0.25, -0.2) is 0 Å². The van der Waals surface area contributed by atoms with Gasteiger partial charge in [0, 0.05) is 6.04 Å². The SMILES string of the molecule is CCC(CCCN1CCCC1)(NC(C)C)C(=O)O. The largest absolute Gasteiger partial charge is 0.480 e.